The minimum absolute atomic E-state index is 0.170. The summed E-state index contributed by atoms with van der Waals surface area (Å²) in [4.78, 5) is 29.1. The van der Waals surface area contributed by atoms with Crippen molar-refractivity contribution in [2.45, 2.75) is 20.0 Å². The van der Waals surface area contributed by atoms with Gasteiger partial charge in [0.2, 0.25) is 0 Å². The van der Waals surface area contributed by atoms with E-state index in [2.05, 4.69) is 4.98 Å². The summed E-state index contributed by atoms with van der Waals surface area (Å²) in [5.74, 6) is -0.642. The van der Waals surface area contributed by atoms with Crippen LogP contribution in [0, 0.1) is 0 Å². The highest BCUT2D eigenvalue weighted by molar-refractivity contribution is 7.26. The molecule has 0 bridgehead atoms. The van der Waals surface area contributed by atoms with Crippen molar-refractivity contribution in [2.75, 3.05) is 0 Å². The number of thiazole rings is 1. The second-order valence-corrected chi connectivity index (χ2v) is 6.92. The van der Waals surface area contributed by atoms with Crippen molar-refractivity contribution < 1.29 is 14.3 Å². The van der Waals surface area contributed by atoms with Gasteiger partial charge in [0.15, 0.2) is 11.9 Å². The summed E-state index contributed by atoms with van der Waals surface area (Å²) in [6.07, 6.45) is -0.722. The van der Waals surface area contributed by atoms with E-state index in [0.717, 1.165) is 20.1 Å². The monoisotopic (exact) mass is 331 g/mol. The Balaban J connectivity index is 1.84. The Labute approximate surface area is 135 Å². The number of aromatic nitrogens is 1. The molecule has 0 aliphatic carbocycles. The smallest absolute Gasteiger partial charge is 0.349 e. The molecule has 0 N–H and O–H groups in total. The Kier molecular flexibility index (Phi) is 4.04. The molecule has 0 amide bonds. The number of para-hydroxylation sites is 1. The Morgan fingerprint density at radius 1 is 1.14 bits per heavy atom. The van der Waals surface area contributed by atoms with E-state index in [4.69, 9.17) is 4.74 Å². The van der Waals surface area contributed by atoms with Crippen LogP contribution >= 0.6 is 22.7 Å². The van der Waals surface area contributed by atoms with Gasteiger partial charge < -0.3 is 4.74 Å². The summed E-state index contributed by atoms with van der Waals surface area (Å²) in [5, 5.41) is 0.880. The number of carbonyl (C=O) groups is 2. The van der Waals surface area contributed by atoms with Crippen LogP contribution in [0.3, 0.4) is 0 Å². The summed E-state index contributed by atoms with van der Waals surface area (Å²) in [5.41, 5.74) is 0.949. The quantitative estimate of drug-likeness (QED) is 0.674. The number of ether oxygens (including phenoxy) is 1. The fourth-order valence-electron chi connectivity index (χ4n) is 1.84. The van der Waals surface area contributed by atoms with Crippen molar-refractivity contribution >= 4 is 44.6 Å². The number of hydrogen-bond donors (Lipinski definition) is 0. The number of ketones is 1. The molecule has 0 radical (unpaired) electrons. The first-order valence-corrected chi connectivity index (χ1v) is 8.35. The first-order valence-electron chi connectivity index (χ1n) is 6.72. The zero-order valence-electron chi connectivity index (χ0n) is 12.0. The van der Waals surface area contributed by atoms with Gasteiger partial charge in [-0.25, -0.2) is 9.78 Å². The molecular formula is C16H13NO3S2. The van der Waals surface area contributed by atoms with Gasteiger partial charge in [-0.15, -0.1) is 22.7 Å². The van der Waals surface area contributed by atoms with Gasteiger partial charge >= 0.3 is 5.97 Å². The SMILES string of the molecule is CC(=O)C(C)OC(=O)c1ccc(-c2nc3ccccc3s2)s1. The highest BCUT2D eigenvalue weighted by atomic mass is 32.1. The molecule has 0 fully saturated rings. The van der Waals surface area contributed by atoms with Crippen LogP contribution in [0.1, 0.15) is 23.5 Å². The van der Waals surface area contributed by atoms with E-state index in [1.165, 1.54) is 18.3 Å². The highest BCUT2D eigenvalue weighted by Crippen LogP contribution is 2.34. The van der Waals surface area contributed by atoms with Crippen LogP contribution in [0.15, 0.2) is 36.4 Å². The second-order valence-electron chi connectivity index (χ2n) is 4.81. The minimum Gasteiger partial charge on any atom is -0.450 e. The summed E-state index contributed by atoms with van der Waals surface area (Å²) in [7, 11) is 0. The van der Waals surface area contributed by atoms with E-state index < -0.39 is 12.1 Å². The summed E-state index contributed by atoms with van der Waals surface area (Å²) in [6, 6.07) is 11.5. The van der Waals surface area contributed by atoms with Crippen molar-refractivity contribution in [2.24, 2.45) is 0 Å². The van der Waals surface area contributed by atoms with E-state index in [-0.39, 0.29) is 5.78 Å². The van der Waals surface area contributed by atoms with Crippen molar-refractivity contribution in [3.63, 3.8) is 0 Å². The maximum atomic E-state index is 12.0. The van der Waals surface area contributed by atoms with Crippen LogP contribution in [0.2, 0.25) is 0 Å². The molecule has 1 aromatic carbocycles. The predicted molar refractivity (Wildman–Crippen MR) is 88.5 cm³/mol. The molecule has 112 valence electrons. The molecule has 3 rings (SSSR count). The second kappa shape index (κ2) is 5.98. The third kappa shape index (κ3) is 2.93. The Hall–Kier alpha value is -2.05. The molecule has 3 aromatic rings. The lowest BCUT2D eigenvalue weighted by Gasteiger charge is -2.08. The van der Waals surface area contributed by atoms with Crippen LogP contribution in [-0.2, 0) is 9.53 Å². The van der Waals surface area contributed by atoms with Gasteiger partial charge in [0.25, 0.3) is 0 Å². The molecule has 1 atom stereocenters. The zero-order valence-corrected chi connectivity index (χ0v) is 13.7. The Bertz CT molecular complexity index is 817. The van der Waals surface area contributed by atoms with Gasteiger partial charge in [-0.3, -0.25) is 4.79 Å². The number of Topliss-reactive ketones (excluding diaryl/α,β-unsaturated/α-hetero) is 1. The van der Waals surface area contributed by atoms with Crippen molar-refractivity contribution in [3.8, 4) is 9.88 Å². The summed E-state index contributed by atoms with van der Waals surface area (Å²) in [6.45, 7) is 2.97. The van der Waals surface area contributed by atoms with Gasteiger partial charge in [0.1, 0.15) is 9.88 Å². The van der Waals surface area contributed by atoms with Gasteiger partial charge in [-0.05, 0) is 38.1 Å². The largest absolute Gasteiger partial charge is 0.450 e. The number of nitrogens with zero attached hydrogens (tertiary/aromatic N) is 1. The average molecular weight is 331 g/mol. The maximum absolute atomic E-state index is 12.0. The lowest BCUT2D eigenvalue weighted by atomic mass is 10.3. The van der Waals surface area contributed by atoms with Crippen molar-refractivity contribution in [1.82, 2.24) is 4.98 Å². The molecule has 0 spiro atoms. The Morgan fingerprint density at radius 3 is 2.64 bits per heavy atom. The summed E-state index contributed by atoms with van der Waals surface area (Å²) >= 11 is 2.91. The van der Waals surface area contributed by atoms with E-state index in [0.29, 0.717) is 4.88 Å². The molecule has 0 aliphatic heterocycles. The van der Waals surface area contributed by atoms with Crippen molar-refractivity contribution in [3.05, 3.63) is 41.3 Å². The Morgan fingerprint density at radius 2 is 1.91 bits per heavy atom. The van der Waals surface area contributed by atoms with Gasteiger partial charge in [-0.2, -0.15) is 0 Å². The van der Waals surface area contributed by atoms with E-state index in [1.54, 1.807) is 24.3 Å². The molecular weight excluding hydrogens is 318 g/mol. The number of rotatable bonds is 4. The molecule has 1 unspecified atom stereocenters. The molecule has 22 heavy (non-hydrogen) atoms. The number of esters is 1. The normalized spacial score (nSPS) is 12.3. The molecule has 2 heterocycles. The fourth-order valence-corrected chi connectivity index (χ4v) is 3.75. The zero-order chi connectivity index (χ0) is 15.7. The molecule has 6 heteroatoms. The van der Waals surface area contributed by atoms with Crippen LogP contribution in [0.5, 0.6) is 0 Å². The molecule has 0 saturated carbocycles. The van der Waals surface area contributed by atoms with Gasteiger partial charge in [-0.1, -0.05) is 12.1 Å². The van der Waals surface area contributed by atoms with Crippen LogP contribution in [0.25, 0.3) is 20.1 Å². The van der Waals surface area contributed by atoms with Crippen LogP contribution < -0.4 is 0 Å². The predicted octanol–water partition coefficient (Wildman–Crippen LogP) is 4.16. The fraction of sp³-hybridized carbons (Fsp3) is 0.188. The highest BCUT2D eigenvalue weighted by Gasteiger charge is 2.18. The number of fused-ring (bicyclic) bond motifs is 1. The lowest BCUT2D eigenvalue weighted by molar-refractivity contribution is -0.124. The van der Waals surface area contributed by atoms with Gasteiger partial charge in [0.05, 0.1) is 15.1 Å². The van der Waals surface area contributed by atoms with Gasteiger partial charge in [0, 0.05) is 0 Å². The average Bonchev–Trinajstić information content (AvgIpc) is 3.13. The number of carbonyl (C=O) groups excluding carboxylic acids is 2. The third-order valence-electron chi connectivity index (χ3n) is 3.17. The minimum atomic E-state index is -0.722. The molecule has 2 aromatic heterocycles. The van der Waals surface area contributed by atoms with E-state index in [9.17, 15) is 9.59 Å². The summed E-state index contributed by atoms with van der Waals surface area (Å²) < 4.78 is 6.22. The number of benzene rings is 1. The first kappa shape index (κ1) is 14.9. The molecule has 0 aliphatic rings. The third-order valence-corrected chi connectivity index (χ3v) is 5.44. The maximum Gasteiger partial charge on any atom is 0.349 e. The van der Waals surface area contributed by atoms with Crippen molar-refractivity contribution in [1.29, 1.82) is 0 Å². The van der Waals surface area contributed by atoms with Crippen LogP contribution in [0.4, 0.5) is 0 Å². The topological polar surface area (TPSA) is 56.3 Å². The molecule has 0 saturated heterocycles. The van der Waals surface area contributed by atoms with E-state index >= 15 is 0 Å². The number of hydrogen-bond acceptors (Lipinski definition) is 6. The first-order chi connectivity index (χ1) is 10.5. The number of thiophene rings is 1. The van der Waals surface area contributed by atoms with Crippen LogP contribution in [-0.4, -0.2) is 22.8 Å². The van der Waals surface area contributed by atoms with E-state index in [1.807, 2.05) is 30.3 Å². The standard InChI is InChI=1S/C16H13NO3S2/c1-9(18)10(2)20-16(19)14-8-7-13(21-14)15-17-11-5-3-4-6-12(11)22-15/h3-8,10H,1-2H3. The lowest BCUT2D eigenvalue weighted by Crippen LogP contribution is -2.21. The molecule has 4 nitrogen and oxygen atoms in total.